The maximum absolute atomic E-state index is 11.3. The van der Waals surface area contributed by atoms with Crippen molar-refractivity contribution >= 4 is 19.7 Å². The summed E-state index contributed by atoms with van der Waals surface area (Å²) in [5.41, 5.74) is 0.560. The van der Waals surface area contributed by atoms with Gasteiger partial charge in [0, 0.05) is 10.7 Å². The van der Waals surface area contributed by atoms with E-state index in [4.69, 9.17) is 15.4 Å². The van der Waals surface area contributed by atoms with Gasteiger partial charge >= 0.3 is 0 Å². The lowest BCUT2D eigenvalue weighted by Crippen LogP contribution is -2.38. The summed E-state index contributed by atoms with van der Waals surface area (Å²) in [6.07, 6.45) is 5.72. The van der Waals surface area contributed by atoms with E-state index in [1.165, 1.54) is 12.8 Å². The minimum Gasteiger partial charge on any atom is -0.377 e. The Bertz CT molecular complexity index is 474. The lowest BCUT2D eigenvalue weighted by Gasteiger charge is -2.39. The van der Waals surface area contributed by atoms with Crippen molar-refractivity contribution in [2.45, 2.75) is 65.9 Å². The van der Waals surface area contributed by atoms with Crippen molar-refractivity contribution in [3.8, 4) is 0 Å². The van der Waals surface area contributed by atoms with Crippen molar-refractivity contribution in [3.63, 3.8) is 0 Å². The first-order valence-corrected chi connectivity index (χ1v) is 10.6. The van der Waals surface area contributed by atoms with E-state index in [1.54, 1.807) is 0 Å². The fourth-order valence-corrected chi connectivity index (χ4v) is 5.90. The highest BCUT2D eigenvalue weighted by atomic mass is 35.7. The molecule has 0 saturated heterocycles. The molecule has 0 aromatic heterocycles. The Balaban J connectivity index is 1.96. The Morgan fingerprint density at radius 2 is 2.00 bits per heavy atom. The van der Waals surface area contributed by atoms with Crippen molar-refractivity contribution in [1.29, 1.82) is 0 Å². The lowest BCUT2D eigenvalue weighted by molar-refractivity contribution is -0.0572. The van der Waals surface area contributed by atoms with Crippen LogP contribution >= 0.6 is 10.7 Å². The van der Waals surface area contributed by atoms with Gasteiger partial charge in [0.1, 0.15) is 0 Å². The van der Waals surface area contributed by atoms with Crippen LogP contribution in [0, 0.1) is 22.7 Å². The third-order valence-corrected chi connectivity index (χ3v) is 7.63. The summed E-state index contributed by atoms with van der Waals surface area (Å²) < 4.78 is 28.8. The maximum Gasteiger partial charge on any atom is 0.232 e. The molecule has 4 atom stereocenters. The van der Waals surface area contributed by atoms with Crippen LogP contribution in [0.25, 0.3) is 0 Å². The van der Waals surface area contributed by atoms with Gasteiger partial charge in [0.2, 0.25) is 9.05 Å². The molecule has 0 spiro atoms. The number of ether oxygens (including phenoxy) is 1. The number of fused-ring (bicyclic) bond motifs is 2. The molecular formula is C16H29ClO3S. The quantitative estimate of drug-likeness (QED) is 0.654. The third-order valence-electron chi connectivity index (χ3n) is 6.38. The molecule has 2 aliphatic rings. The van der Waals surface area contributed by atoms with Crippen LogP contribution < -0.4 is 0 Å². The molecule has 2 aliphatic carbocycles. The number of rotatable bonds is 7. The molecule has 124 valence electrons. The molecule has 0 heterocycles. The van der Waals surface area contributed by atoms with Crippen molar-refractivity contribution < 1.29 is 13.2 Å². The molecule has 3 nitrogen and oxygen atoms in total. The highest BCUT2D eigenvalue weighted by molar-refractivity contribution is 8.13. The van der Waals surface area contributed by atoms with Gasteiger partial charge in [-0.15, -0.1) is 0 Å². The molecule has 0 amide bonds. The fourth-order valence-electron chi connectivity index (χ4n) is 4.54. The monoisotopic (exact) mass is 336 g/mol. The summed E-state index contributed by atoms with van der Waals surface area (Å²) in [5, 5.41) is 0. The van der Waals surface area contributed by atoms with Crippen LogP contribution in [-0.4, -0.2) is 26.9 Å². The van der Waals surface area contributed by atoms with Gasteiger partial charge in [-0.05, 0) is 48.3 Å². The van der Waals surface area contributed by atoms with Crippen molar-refractivity contribution in [1.82, 2.24) is 0 Å². The van der Waals surface area contributed by atoms with Gasteiger partial charge in [-0.1, -0.05) is 34.1 Å². The van der Waals surface area contributed by atoms with Gasteiger partial charge in [0.25, 0.3) is 0 Å². The third kappa shape index (κ3) is 3.42. The Hall–Kier alpha value is 0.200. The molecule has 0 aliphatic heterocycles. The Labute approximate surface area is 134 Å². The summed E-state index contributed by atoms with van der Waals surface area (Å²) in [6.45, 7) is 9.65. The number of hydrogen-bond donors (Lipinski definition) is 0. The van der Waals surface area contributed by atoms with Crippen LogP contribution in [0.1, 0.15) is 59.8 Å². The van der Waals surface area contributed by atoms with Gasteiger partial charge in [-0.2, -0.15) is 0 Å². The smallest absolute Gasteiger partial charge is 0.232 e. The Kier molecular flexibility index (Phi) is 5.02. The van der Waals surface area contributed by atoms with E-state index in [0.717, 1.165) is 25.2 Å². The van der Waals surface area contributed by atoms with E-state index in [9.17, 15) is 8.42 Å². The second-order valence-corrected chi connectivity index (χ2v) is 10.6. The van der Waals surface area contributed by atoms with Crippen molar-refractivity contribution in [2.75, 3.05) is 12.4 Å². The minimum absolute atomic E-state index is 0.0170. The van der Waals surface area contributed by atoms with Crippen LogP contribution in [0.5, 0.6) is 0 Å². The lowest BCUT2D eigenvalue weighted by atomic mass is 9.70. The zero-order chi connectivity index (χ0) is 15.9. The zero-order valence-electron chi connectivity index (χ0n) is 13.7. The highest BCUT2D eigenvalue weighted by Crippen LogP contribution is 2.66. The topological polar surface area (TPSA) is 43.4 Å². The highest BCUT2D eigenvalue weighted by Gasteiger charge is 2.61. The van der Waals surface area contributed by atoms with Crippen LogP contribution in [0.3, 0.4) is 0 Å². The average molecular weight is 337 g/mol. The zero-order valence-corrected chi connectivity index (χ0v) is 15.3. The van der Waals surface area contributed by atoms with E-state index < -0.39 is 9.05 Å². The van der Waals surface area contributed by atoms with Gasteiger partial charge in [0.05, 0.1) is 18.5 Å². The van der Waals surface area contributed by atoms with E-state index in [1.807, 2.05) is 0 Å². The van der Waals surface area contributed by atoms with Gasteiger partial charge in [0.15, 0.2) is 0 Å². The molecule has 5 heteroatoms. The molecule has 2 fully saturated rings. The van der Waals surface area contributed by atoms with Crippen LogP contribution in [0.15, 0.2) is 0 Å². The second kappa shape index (κ2) is 6.01. The molecule has 2 rings (SSSR count). The first kappa shape index (κ1) is 17.6. The normalized spacial score (nSPS) is 36.0. The Morgan fingerprint density at radius 3 is 2.43 bits per heavy atom. The average Bonchev–Trinajstić information content (AvgIpc) is 2.67. The van der Waals surface area contributed by atoms with Crippen LogP contribution in [-0.2, 0) is 13.8 Å². The molecule has 2 saturated carbocycles. The van der Waals surface area contributed by atoms with Crippen molar-refractivity contribution in [2.24, 2.45) is 22.7 Å². The van der Waals surface area contributed by atoms with E-state index in [0.29, 0.717) is 12.0 Å². The predicted octanol–water partition coefficient (Wildman–Crippen LogP) is 4.20. The number of hydrogen-bond acceptors (Lipinski definition) is 3. The van der Waals surface area contributed by atoms with Gasteiger partial charge in [-0.25, -0.2) is 8.42 Å². The summed E-state index contributed by atoms with van der Waals surface area (Å²) in [6, 6.07) is 0. The summed E-state index contributed by atoms with van der Waals surface area (Å²) in [4.78, 5) is 0. The molecule has 0 radical (unpaired) electrons. The fraction of sp³-hybridized carbons (Fsp3) is 1.00. The first-order valence-electron chi connectivity index (χ1n) is 8.14. The summed E-state index contributed by atoms with van der Waals surface area (Å²) in [7, 11) is 1.96. The largest absolute Gasteiger partial charge is 0.377 e. The van der Waals surface area contributed by atoms with E-state index in [-0.39, 0.29) is 23.2 Å². The summed E-state index contributed by atoms with van der Waals surface area (Å²) >= 11 is 0. The molecule has 2 bridgehead atoms. The molecular weight excluding hydrogens is 308 g/mol. The standard InChI is InChI=1S/C16H29ClO3S/c1-5-6-12(11-21(17,18)19)10-20-14-9-13-7-8-16(14,4)15(13,2)3/h12-14H,5-11H2,1-4H3. The van der Waals surface area contributed by atoms with Crippen molar-refractivity contribution in [3.05, 3.63) is 0 Å². The molecule has 0 aromatic carbocycles. The van der Waals surface area contributed by atoms with Crippen LogP contribution in [0.4, 0.5) is 0 Å². The minimum atomic E-state index is -3.45. The molecule has 4 unspecified atom stereocenters. The second-order valence-electron chi connectivity index (χ2n) is 7.79. The first-order chi connectivity index (χ1) is 9.60. The van der Waals surface area contributed by atoms with Gasteiger partial charge in [-0.3, -0.25) is 0 Å². The van der Waals surface area contributed by atoms with E-state index >= 15 is 0 Å². The molecule has 0 aromatic rings. The number of halogens is 1. The SMILES string of the molecule is CCCC(COC1CC2CCC1(C)C2(C)C)CS(=O)(=O)Cl. The Morgan fingerprint density at radius 1 is 1.33 bits per heavy atom. The van der Waals surface area contributed by atoms with Gasteiger partial charge < -0.3 is 4.74 Å². The van der Waals surface area contributed by atoms with E-state index in [2.05, 4.69) is 27.7 Å². The predicted molar refractivity (Wildman–Crippen MR) is 87.0 cm³/mol. The summed E-state index contributed by atoms with van der Waals surface area (Å²) in [5.74, 6) is 0.788. The molecule has 0 N–H and O–H groups in total. The molecule has 21 heavy (non-hydrogen) atoms. The maximum atomic E-state index is 11.3. The van der Waals surface area contributed by atoms with Crippen LogP contribution in [0.2, 0.25) is 0 Å².